The average molecular weight is 475 g/mol. The normalized spacial score (nSPS) is 12.1. The summed E-state index contributed by atoms with van der Waals surface area (Å²) < 4.78 is 4.15. The summed E-state index contributed by atoms with van der Waals surface area (Å²) in [6.45, 7) is 6.31. The van der Waals surface area contributed by atoms with Crippen LogP contribution in [0.25, 0.3) is 0 Å². The smallest absolute Gasteiger partial charge is 0.314 e. The minimum atomic E-state index is -1.18. The van der Waals surface area contributed by atoms with Gasteiger partial charge in [-0.2, -0.15) is 0 Å². The second-order valence-electron chi connectivity index (χ2n) is 8.47. The van der Waals surface area contributed by atoms with Gasteiger partial charge in [-0.25, -0.2) is 0 Å². The van der Waals surface area contributed by atoms with Crippen molar-refractivity contribution in [1.29, 1.82) is 0 Å². The maximum Gasteiger partial charge on any atom is 0.314 e. The van der Waals surface area contributed by atoms with Gasteiger partial charge in [-0.1, -0.05) is 72.1 Å². The van der Waals surface area contributed by atoms with E-state index in [9.17, 15) is 24.0 Å². The van der Waals surface area contributed by atoms with E-state index in [1.807, 2.05) is 6.92 Å². The van der Waals surface area contributed by atoms with Crippen molar-refractivity contribution in [1.82, 2.24) is 0 Å². The first-order chi connectivity index (χ1) is 15.5. The lowest BCUT2D eigenvalue weighted by molar-refractivity contribution is -0.162. The number of ether oxygens (including phenoxy) is 1. The van der Waals surface area contributed by atoms with E-state index in [0.717, 1.165) is 12.8 Å². The number of carbonyl (C=O) groups excluding carboxylic acids is 2. The van der Waals surface area contributed by atoms with Gasteiger partial charge in [-0.05, 0) is 18.8 Å². The monoisotopic (exact) mass is 474 g/mol. The minimum absolute atomic E-state index is 0.179. The molecule has 9 nitrogen and oxygen atoms in total. The summed E-state index contributed by atoms with van der Waals surface area (Å²) in [6, 6.07) is 0. The van der Waals surface area contributed by atoms with Crippen LogP contribution in [-0.4, -0.2) is 45.2 Å². The lowest BCUT2D eigenvalue weighted by Crippen LogP contribution is -2.14. The van der Waals surface area contributed by atoms with E-state index < -0.39 is 55.5 Å². The highest BCUT2D eigenvalue weighted by Crippen LogP contribution is 2.19. The molecule has 0 fully saturated rings. The van der Waals surface area contributed by atoms with Crippen LogP contribution in [0.5, 0.6) is 0 Å². The van der Waals surface area contributed by atoms with E-state index in [0.29, 0.717) is 5.92 Å². The van der Waals surface area contributed by atoms with Gasteiger partial charge in [0.15, 0.2) is 0 Å². The largest absolute Gasteiger partial charge is 0.481 e. The van der Waals surface area contributed by atoms with Crippen LogP contribution in [0.4, 0.5) is 0 Å². The number of carbonyl (C=O) groups is 5. The zero-order valence-corrected chi connectivity index (χ0v) is 20.3. The van der Waals surface area contributed by atoms with E-state index in [4.69, 9.17) is 15.3 Å². The van der Waals surface area contributed by atoms with Crippen molar-refractivity contribution < 1.29 is 44.0 Å². The predicted octanol–water partition coefficient (Wildman–Crippen LogP) is 5.05. The van der Waals surface area contributed by atoms with Crippen molar-refractivity contribution in [3.05, 3.63) is 0 Å². The molecule has 9 heteroatoms. The Morgan fingerprint density at radius 2 is 1.09 bits per heavy atom. The summed E-state index contributed by atoms with van der Waals surface area (Å²) in [4.78, 5) is 52.3. The molecule has 3 N–H and O–H groups in total. The Bertz CT molecular complexity index is 558. The van der Waals surface area contributed by atoms with Crippen LogP contribution < -0.4 is 0 Å². The first kappa shape index (κ1) is 32.7. The molecule has 0 aromatic carbocycles. The molecule has 2 unspecified atom stereocenters. The predicted molar refractivity (Wildman–Crippen MR) is 123 cm³/mol. The molecule has 2 atom stereocenters. The van der Waals surface area contributed by atoms with Crippen LogP contribution in [0.15, 0.2) is 0 Å². The standard InChI is InChI=1S/C16H32O2.C8H10O7/c1-4-5-6-7-8-9-10-11-14(2)12-13-15(3)16(17)18;9-5(10)1-3-7(13)15-8(14)4-2-6(11)12/h14-15H,4-13H2,1-3H3,(H,17,18);1-4H2,(H,9,10)(H,11,12). The van der Waals surface area contributed by atoms with Crippen LogP contribution in [0.2, 0.25) is 0 Å². The maximum atomic E-state index is 10.7. The molecule has 0 spiro atoms. The van der Waals surface area contributed by atoms with E-state index >= 15 is 0 Å². The molecular formula is C24H42O9. The highest BCUT2D eigenvalue weighted by molar-refractivity contribution is 5.88. The fraction of sp³-hybridized carbons (Fsp3) is 0.792. The van der Waals surface area contributed by atoms with Gasteiger partial charge in [0.2, 0.25) is 0 Å². The number of unbranched alkanes of at least 4 members (excludes halogenated alkanes) is 6. The Balaban J connectivity index is 0. The summed E-state index contributed by atoms with van der Waals surface area (Å²) in [5.41, 5.74) is 0. The molecule has 0 aromatic heterocycles. The van der Waals surface area contributed by atoms with Gasteiger partial charge in [-0.15, -0.1) is 0 Å². The van der Waals surface area contributed by atoms with Crippen LogP contribution in [0.3, 0.4) is 0 Å². The van der Waals surface area contributed by atoms with Crippen LogP contribution >= 0.6 is 0 Å². The minimum Gasteiger partial charge on any atom is -0.481 e. The zero-order valence-electron chi connectivity index (χ0n) is 20.3. The second-order valence-corrected chi connectivity index (χ2v) is 8.47. The van der Waals surface area contributed by atoms with Crippen molar-refractivity contribution in [3.63, 3.8) is 0 Å². The quantitative estimate of drug-likeness (QED) is 0.140. The topological polar surface area (TPSA) is 155 Å². The Morgan fingerprint density at radius 1 is 0.636 bits per heavy atom. The van der Waals surface area contributed by atoms with Gasteiger partial charge in [0.25, 0.3) is 0 Å². The van der Waals surface area contributed by atoms with Gasteiger partial charge in [0.1, 0.15) is 0 Å². The number of aliphatic carboxylic acids is 3. The lowest BCUT2D eigenvalue weighted by Gasteiger charge is -2.12. The molecule has 192 valence electrons. The maximum absolute atomic E-state index is 10.7. The van der Waals surface area contributed by atoms with Crippen LogP contribution in [0.1, 0.15) is 111 Å². The summed E-state index contributed by atoms with van der Waals surface area (Å²) in [6.07, 6.45) is 11.0. The van der Waals surface area contributed by atoms with E-state index in [1.54, 1.807) is 0 Å². The summed E-state index contributed by atoms with van der Waals surface area (Å²) in [5, 5.41) is 25.2. The van der Waals surface area contributed by atoms with E-state index in [-0.39, 0.29) is 5.92 Å². The van der Waals surface area contributed by atoms with Gasteiger partial charge < -0.3 is 20.1 Å². The fourth-order valence-corrected chi connectivity index (χ4v) is 2.90. The van der Waals surface area contributed by atoms with Crippen molar-refractivity contribution >= 4 is 29.8 Å². The van der Waals surface area contributed by atoms with Gasteiger partial charge in [0, 0.05) is 0 Å². The molecule has 0 aliphatic rings. The molecule has 0 bridgehead atoms. The lowest BCUT2D eigenvalue weighted by atomic mass is 9.93. The first-order valence-electron chi connectivity index (χ1n) is 11.9. The van der Waals surface area contributed by atoms with Crippen LogP contribution in [0, 0.1) is 11.8 Å². The molecule has 0 aromatic rings. The summed E-state index contributed by atoms with van der Waals surface area (Å²) in [5.74, 6) is -4.43. The fourth-order valence-electron chi connectivity index (χ4n) is 2.90. The van der Waals surface area contributed by atoms with E-state index in [2.05, 4.69) is 18.6 Å². The van der Waals surface area contributed by atoms with Crippen molar-refractivity contribution in [2.75, 3.05) is 0 Å². The SMILES string of the molecule is CCCCCCCCCC(C)CCC(C)C(=O)O.O=C(O)CCC(=O)OC(=O)CCC(=O)O. The third kappa shape index (κ3) is 25.7. The molecule has 0 saturated heterocycles. The summed E-state index contributed by atoms with van der Waals surface area (Å²) >= 11 is 0. The number of hydrogen-bond donors (Lipinski definition) is 3. The Kier molecular flexibility index (Phi) is 21.2. The van der Waals surface area contributed by atoms with Crippen molar-refractivity contribution in [2.45, 2.75) is 111 Å². The molecule has 0 aliphatic carbocycles. The molecule has 0 amide bonds. The molecule has 0 saturated carbocycles. The Morgan fingerprint density at radius 3 is 1.52 bits per heavy atom. The molecule has 0 heterocycles. The van der Waals surface area contributed by atoms with Crippen molar-refractivity contribution in [2.24, 2.45) is 11.8 Å². The highest BCUT2D eigenvalue weighted by Gasteiger charge is 2.13. The molecule has 0 aliphatic heterocycles. The molecule has 0 radical (unpaired) electrons. The Hall–Kier alpha value is -2.45. The number of rotatable bonds is 18. The molecule has 0 rings (SSSR count). The third-order valence-electron chi connectivity index (χ3n) is 5.13. The summed E-state index contributed by atoms with van der Waals surface area (Å²) in [7, 11) is 0. The average Bonchev–Trinajstić information content (AvgIpc) is 2.74. The Labute approximate surface area is 196 Å². The van der Waals surface area contributed by atoms with Gasteiger partial charge in [0.05, 0.1) is 31.6 Å². The first-order valence-corrected chi connectivity index (χ1v) is 11.9. The number of hydrogen-bond acceptors (Lipinski definition) is 6. The van der Waals surface area contributed by atoms with Gasteiger partial charge in [-0.3, -0.25) is 24.0 Å². The van der Waals surface area contributed by atoms with E-state index in [1.165, 1.54) is 51.4 Å². The third-order valence-corrected chi connectivity index (χ3v) is 5.13. The number of carboxylic acid groups (broad SMARTS) is 3. The molecule has 33 heavy (non-hydrogen) atoms. The number of esters is 2. The van der Waals surface area contributed by atoms with Crippen LogP contribution in [-0.2, 0) is 28.7 Å². The van der Waals surface area contributed by atoms with Gasteiger partial charge >= 0.3 is 29.8 Å². The second kappa shape index (κ2) is 21.4. The molecular weight excluding hydrogens is 432 g/mol. The highest BCUT2D eigenvalue weighted by atomic mass is 16.6. The van der Waals surface area contributed by atoms with Crippen molar-refractivity contribution in [3.8, 4) is 0 Å². The zero-order chi connectivity index (χ0) is 25.6. The number of carboxylic acids is 3.